The molecule has 144 valence electrons. The van der Waals surface area contributed by atoms with Gasteiger partial charge < -0.3 is 9.88 Å². The molecular formula is C24H27N3O. The summed E-state index contributed by atoms with van der Waals surface area (Å²) >= 11 is 0. The van der Waals surface area contributed by atoms with Gasteiger partial charge >= 0.3 is 0 Å². The number of fused-ring (bicyclic) bond motifs is 1. The molecule has 1 amide bonds. The van der Waals surface area contributed by atoms with Gasteiger partial charge in [0.05, 0.1) is 6.04 Å². The number of aryl methyl sites for hydroxylation is 3. The lowest BCUT2D eigenvalue weighted by atomic mass is 9.89. The first kappa shape index (κ1) is 18.5. The molecule has 1 aliphatic carbocycles. The number of nitrogens with one attached hydrogen (secondary N) is 1. The molecule has 1 heterocycles. The van der Waals surface area contributed by atoms with Gasteiger partial charge in [0, 0.05) is 24.5 Å². The standard InChI is InChI=1S/C24H27N3O/c1-17(22-12-11-20-5-3-4-6-23(20)15-22)26-24(28)21-9-7-19(8-10-21)16-27-14-13-25-18(27)2/h7-15,17H,3-6,16H2,1-2H3,(H,26,28)/t17-/m0/s1. The van der Waals surface area contributed by atoms with E-state index in [-0.39, 0.29) is 11.9 Å². The van der Waals surface area contributed by atoms with Crippen LogP contribution in [0.5, 0.6) is 0 Å². The van der Waals surface area contributed by atoms with E-state index in [4.69, 9.17) is 0 Å². The highest BCUT2D eigenvalue weighted by Gasteiger charge is 2.15. The van der Waals surface area contributed by atoms with Crippen molar-refractivity contribution in [2.24, 2.45) is 0 Å². The summed E-state index contributed by atoms with van der Waals surface area (Å²) in [5.74, 6) is 0.955. The Kier molecular flexibility index (Phi) is 5.29. The van der Waals surface area contributed by atoms with Crippen molar-refractivity contribution in [3.05, 3.63) is 88.5 Å². The fraction of sp³-hybridized carbons (Fsp3) is 0.333. The molecule has 0 saturated heterocycles. The number of benzene rings is 2. The fourth-order valence-electron chi connectivity index (χ4n) is 3.92. The quantitative estimate of drug-likeness (QED) is 0.710. The van der Waals surface area contributed by atoms with Crippen molar-refractivity contribution < 1.29 is 4.79 Å². The summed E-state index contributed by atoms with van der Waals surface area (Å²) in [6.45, 7) is 4.81. The van der Waals surface area contributed by atoms with Gasteiger partial charge in [-0.05, 0) is 73.9 Å². The molecule has 0 bridgehead atoms. The molecule has 0 fully saturated rings. The third-order valence-electron chi connectivity index (χ3n) is 5.71. The Morgan fingerprint density at radius 2 is 1.86 bits per heavy atom. The number of carbonyl (C=O) groups excluding carboxylic acids is 1. The minimum atomic E-state index is -0.0319. The van der Waals surface area contributed by atoms with Crippen molar-refractivity contribution in [2.75, 3.05) is 0 Å². The van der Waals surface area contributed by atoms with Gasteiger partial charge in [-0.2, -0.15) is 0 Å². The lowest BCUT2D eigenvalue weighted by Crippen LogP contribution is -2.26. The average Bonchev–Trinajstić information content (AvgIpc) is 3.12. The molecule has 1 aromatic heterocycles. The molecule has 2 aromatic carbocycles. The van der Waals surface area contributed by atoms with Crippen LogP contribution in [0.1, 0.15) is 64.2 Å². The van der Waals surface area contributed by atoms with E-state index in [1.807, 2.05) is 37.4 Å². The summed E-state index contributed by atoms with van der Waals surface area (Å²) in [5, 5.41) is 3.14. The maximum absolute atomic E-state index is 12.7. The van der Waals surface area contributed by atoms with Crippen LogP contribution in [0, 0.1) is 6.92 Å². The molecule has 0 radical (unpaired) electrons. The third-order valence-corrected chi connectivity index (χ3v) is 5.71. The minimum absolute atomic E-state index is 0.00648. The Balaban J connectivity index is 1.41. The van der Waals surface area contributed by atoms with Gasteiger partial charge in [0.1, 0.15) is 5.82 Å². The Morgan fingerprint density at radius 1 is 1.11 bits per heavy atom. The number of amides is 1. The van der Waals surface area contributed by atoms with E-state index in [9.17, 15) is 4.79 Å². The van der Waals surface area contributed by atoms with Crippen molar-refractivity contribution in [3.63, 3.8) is 0 Å². The lowest BCUT2D eigenvalue weighted by Gasteiger charge is -2.20. The molecule has 4 rings (SSSR count). The van der Waals surface area contributed by atoms with Gasteiger partial charge in [0.25, 0.3) is 5.91 Å². The van der Waals surface area contributed by atoms with E-state index >= 15 is 0 Å². The Morgan fingerprint density at radius 3 is 2.57 bits per heavy atom. The van der Waals surface area contributed by atoms with Crippen LogP contribution in [0.15, 0.2) is 54.9 Å². The topological polar surface area (TPSA) is 46.9 Å². The maximum Gasteiger partial charge on any atom is 0.251 e. The minimum Gasteiger partial charge on any atom is -0.346 e. The summed E-state index contributed by atoms with van der Waals surface area (Å²) in [5.41, 5.74) is 5.94. The van der Waals surface area contributed by atoms with E-state index in [0.29, 0.717) is 5.56 Å². The fourth-order valence-corrected chi connectivity index (χ4v) is 3.92. The van der Waals surface area contributed by atoms with Crippen LogP contribution in [0.4, 0.5) is 0 Å². The van der Waals surface area contributed by atoms with Crippen LogP contribution in [0.2, 0.25) is 0 Å². The summed E-state index contributed by atoms with van der Waals surface area (Å²) < 4.78 is 2.09. The van der Waals surface area contributed by atoms with Gasteiger partial charge in [-0.3, -0.25) is 4.79 Å². The molecule has 1 N–H and O–H groups in total. The van der Waals surface area contributed by atoms with E-state index in [1.165, 1.54) is 36.0 Å². The largest absolute Gasteiger partial charge is 0.346 e. The lowest BCUT2D eigenvalue weighted by molar-refractivity contribution is 0.0940. The first-order valence-electron chi connectivity index (χ1n) is 10.1. The zero-order valence-corrected chi connectivity index (χ0v) is 16.6. The SMILES string of the molecule is Cc1nccn1Cc1ccc(C(=O)N[C@@H](C)c2ccc3c(c2)CCCC3)cc1. The second-order valence-electron chi connectivity index (χ2n) is 7.73. The molecular weight excluding hydrogens is 346 g/mol. The number of imidazole rings is 1. The molecule has 28 heavy (non-hydrogen) atoms. The predicted molar refractivity (Wildman–Crippen MR) is 111 cm³/mol. The number of nitrogens with zero attached hydrogens (tertiary/aromatic N) is 2. The highest BCUT2D eigenvalue weighted by molar-refractivity contribution is 5.94. The molecule has 0 aliphatic heterocycles. The molecule has 0 saturated carbocycles. The highest BCUT2D eigenvalue weighted by Crippen LogP contribution is 2.25. The van der Waals surface area contributed by atoms with Crippen molar-refractivity contribution in [1.29, 1.82) is 0 Å². The maximum atomic E-state index is 12.7. The van der Waals surface area contributed by atoms with Crippen molar-refractivity contribution >= 4 is 5.91 Å². The van der Waals surface area contributed by atoms with E-state index in [2.05, 4.69) is 40.0 Å². The van der Waals surface area contributed by atoms with Crippen LogP contribution in [-0.2, 0) is 19.4 Å². The summed E-state index contributed by atoms with van der Waals surface area (Å²) in [7, 11) is 0. The van der Waals surface area contributed by atoms with E-state index in [0.717, 1.165) is 24.4 Å². The second-order valence-corrected chi connectivity index (χ2v) is 7.73. The normalized spacial score (nSPS) is 14.4. The number of carbonyl (C=O) groups is 1. The average molecular weight is 374 g/mol. The molecule has 1 aliphatic rings. The molecule has 0 spiro atoms. The smallest absolute Gasteiger partial charge is 0.251 e. The van der Waals surface area contributed by atoms with Gasteiger partial charge in [-0.15, -0.1) is 0 Å². The van der Waals surface area contributed by atoms with Crippen molar-refractivity contribution in [1.82, 2.24) is 14.9 Å². The molecule has 0 unspecified atom stereocenters. The van der Waals surface area contributed by atoms with Crippen LogP contribution in [-0.4, -0.2) is 15.5 Å². The highest BCUT2D eigenvalue weighted by atomic mass is 16.1. The summed E-state index contributed by atoms with van der Waals surface area (Å²) in [4.78, 5) is 16.9. The zero-order valence-electron chi connectivity index (χ0n) is 16.6. The van der Waals surface area contributed by atoms with Crippen LogP contribution in [0.3, 0.4) is 0 Å². The number of hydrogen-bond donors (Lipinski definition) is 1. The second kappa shape index (κ2) is 8.01. The molecule has 3 aromatic rings. The first-order chi connectivity index (χ1) is 13.6. The van der Waals surface area contributed by atoms with Gasteiger partial charge in [0.15, 0.2) is 0 Å². The predicted octanol–water partition coefficient (Wildman–Crippen LogP) is 4.61. The van der Waals surface area contributed by atoms with E-state index in [1.54, 1.807) is 6.20 Å². The van der Waals surface area contributed by atoms with Gasteiger partial charge in [-0.25, -0.2) is 4.98 Å². The summed E-state index contributed by atoms with van der Waals surface area (Å²) in [6, 6.07) is 14.5. The third kappa shape index (κ3) is 4.01. The number of hydrogen-bond acceptors (Lipinski definition) is 2. The van der Waals surface area contributed by atoms with Crippen LogP contribution in [0.25, 0.3) is 0 Å². The molecule has 1 atom stereocenters. The van der Waals surface area contributed by atoms with Gasteiger partial charge in [-0.1, -0.05) is 30.3 Å². The summed E-state index contributed by atoms with van der Waals surface area (Å²) in [6.07, 6.45) is 8.66. The molecule has 4 nitrogen and oxygen atoms in total. The monoisotopic (exact) mass is 373 g/mol. The number of aromatic nitrogens is 2. The van der Waals surface area contributed by atoms with Crippen LogP contribution < -0.4 is 5.32 Å². The van der Waals surface area contributed by atoms with Gasteiger partial charge in [0.2, 0.25) is 0 Å². The zero-order chi connectivity index (χ0) is 19.5. The first-order valence-corrected chi connectivity index (χ1v) is 10.1. The van der Waals surface area contributed by atoms with Crippen molar-refractivity contribution in [3.8, 4) is 0 Å². The number of rotatable bonds is 5. The van der Waals surface area contributed by atoms with Crippen molar-refractivity contribution in [2.45, 2.75) is 52.1 Å². The Bertz CT molecular complexity index is 972. The van der Waals surface area contributed by atoms with E-state index < -0.39 is 0 Å². The van der Waals surface area contributed by atoms with Crippen LogP contribution >= 0.6 is 0 Å². The Hall–Kier alpha value is -2.88. The Labute approximate surface area is 166 Å². The molecule has 4 heteroatoms.